The normalized spacial score (nSPS) is 13.5. The molecule has 0 bridgehead atoms. The summed E-state index contributed by atoms with van der Waals surface area (Å²) in [6.45, 7) is 0. The van der Waals surface area contributed by atoms with Crippen LogP contribution in [0.15, 0.2) is 53.7 Å². The van der Waals surface area contributed by atoms with Crippen LogP contribution in [0.25, 0.3) is 0 Å². The van der Waals surface area contributed by atoms with Crippen molar-refractivity contribution in [2.45, 2.75) is 9.71 Å². The molecule has 1 N–H and O–H groups in total. The van der Waals surface area contributed by atoms with Gasteiger partial charge in [0.2, 0.25) is 3.79 Å². The largest absolute Gasteiger partial charge is 0.497 e. The third-order valence-corrected chi connectivity index (χ3v) is 4.20. The molecule has 2 rings (SSSR count). The van der Waals surface area contributed by atoms with Crippen molar-refractivity contribution in [3.63, 3.8) is 0 Å². The summed E-state index contributed by atoms with van der Waals surface area (Å²) in [7, 11) is 3.14. The highest BCUT2D eigenvalue weighted by atomic mass is 35.6. The maximum atomic E-state index is 9.56. The lowest BCUT2D eigenvalue weighted by Gasteiger charge is -2.26. The highest BCUT2D eigenvalue weighted by Gasteiger charge is 2.39. The highest BCUT2D eigenvalue weighted by molar-refractivity contribution is 6.69. The van der Waals surface area contributed by atoms with Crippen LogP contribution < -0.4 is 9.47 Å². The molecule has 0 spiro atoms. The summed E-state index contributed by atoms with van der Waals surface area (Å²) < 4.78 is 8.55. The summed E-state index contributed by atoms with van der Waals surface area (Å²) >= 11 is 18.5. The predicted molar refractivity (Wildman–Crippen MR) is 97.3 cm³/mol. The molecule has 0 amide bonds. The van der Waals surface area contributed by atoms with Crippen molar-refractivity contribution in [3.8, 4) is 11.5 Å². The third kappa shape index (κ3) is 4.26. The second-order valence-corrected chi connectivity index (χ2v) is 7.33. The van der Waals surface area contributed by atoms with Crippen molar-refractivity contribution in [2.75, 3.05) is 14.2 Å². The number of hydrogen-bond acceptors (Lipinski definition) is 4. The van der Waals surface area contributed by atoms with E-state index >= 15 is 0 Å². The summed E-state index contributed by atoms with van der Waals surface area (Å²) in [6.07, 6.45) is 0. The Balaban J connectivity index is 2.47. The zero-order valence-electron chi connectivity index (χ0n) is 13.0. The Bertz CT molecular complexity index is 695. The van der Waals surface area contributed by atoms with Gasteiger partial charge >= 0.3 is 0 Å². The molecule has 0 saturated carbocycles. The molecule has 0 aliphatic rings. The fourth-order valence-electron chi connectivity index (χ4n) is 2.34. The number of rotatable bonds is 5. The van der Waals surface area contributed by atoms with E-state index in [1.807, 2.05) is 0 Å². The topological polar surface area (TPSA) is 51.0 Å². The van der Waals surface area contributed by atoms with Gasteiger partial charge in [-0.05, 0) is 42.0 Å². The van der Waals surface area contributed by atoms with Gasteiger partial charge in [-0.3, -0.25) is 0 Å². The van der Waals surface area contributed by atoms with Crippen LogP contribution in [0.3, 0.4) is 0 Å². The Morgan fingerprint density at radius 1 is 0.917 bits per heavy atom. The molecular formula is C17H16Cl3NO3. The van der Waals surface area contributed by atoms with Gasteiger partial charge in [0.25, 0.3) is 0 Å². The molecular weight excluding hydrogens is 373 g/mol. The third-order valence-electron chi connectivity index (χ3n) is 3.54. The van der Waals surface area contributed by atoms with Gasteiger partial charge in [0, 0.05) is 5.56 Å². The number of hydrogen-bond donors (Lipinski definition) is 1. The Morgan fingerprint density at radius 2 is 1.38 bits per heavy atom. The van der Waals surface area contributed by atoms with E-state index in [1.165, 1.54) is 0 Å². The molecule has 2 aromatic carbocycles. The maximum Gasteiger partial charge on any atom is 0.203 e. The lowest BCUT2D eigenvalue weighted by molar-refractivity contribution is 0.317. The van der Waals surface area contributed by atoms with Crippen LogP contribution in [0, 0.1) is 0 Å². The second-order valence-electron chi connectivity index (χ2n) is 4.96. The molecule has 4 nitrogen and oxygen atoms in total. The molecule has 0 aromatic heterocycles. The molecule has 7 heteroatoms. The molecule has 0 unspecified atom stereocenters. The van der Waals surface area contributed by atoms with Crippen molar-refractivity contribution in [1.29, 1.82) is 0 Å². The number of oxime groups is 1. The molecule has 2 aromatic rings. The number of nitrogens with zero attached hydrogens (tertiary/aromatic N) is 1. The first-order chi connectivity index (χ1) is 11.4. The van der Waals surface area contributed by atoms with Crippen LogP contribution in [0.5, 0.6) is 11.5 Å². The average Bonchev–Trinajstić information content (AvgIpc) is 2.59. The monoisotopic (exact) mass is 387 g/mol. The minimum Gasteiger partial charge on any atom is -0.497 e. The number of methoxy groups -OCH3 is 2. The van der Waals surface area contributed by atoms with E-state index < -0.39 is 9.71 Å². The molecule has 0 saturated heterocycles. The number of alkyl halides is 3. The van der Waals surface area contributed by atoms with Crippen LogP contribution in [0.2, 0.25) is 0 Å². The molecule has 0 heterocycles. The standard InChI is InChI=1S/C17H16Cl3NO3/c1-23-13-7-3-11(4-8-13)15(17(18,19)20)16(21-22)12-5-9-14(24-2)10-6-12/h3-10,15,22H,1-2H3/b21-16+/t15-/m0/s1. The summed E-state index contributed by atoms with van der Waals surface area (Å²) in [6, 6.07) is 14.0. The Hall–Kier alpha value is -1.62. The summed E-state index contributed by atoms with van der Waals surface area (Å²) in [5, 5.41) is 12.9. The zero-order valence-corrected chi connectivity index (χ0v) is 15.3. The molecule has 0 aliphatic heterocycles. The van der Waals surface area contributed by atoms with Gasteiger partial charge in [-0.15, -0.1) is 0 Å². The average molecular weight is 389 g/mol. The lowest BCUT2D eigenvalue weighted by Crippen LogP contribution is -2.27. The van der Waals surface area contributed by atoms with E-state index in [2.05, 4.69) is 5.16 Å². The lowest BCUT2D eigenvalue weighted by atomic mass is 9.91. The molecule has 0 fully saturated rings. The number of benzene rings is 2. The van der Waals surface area contributed by atoms with E-state index in [1.54, 1.807) is 62.8 Å². The minimum atomic E-state index is -1.71. The van der Waals surface area contributed by atoms with E-state index in [0.29, 0.717) is 22.6 Å². The summed E-state index contributed by atoms with van der Waals surface area (Å²) in [5.74, 6) is 0.575. The van der Waals surface area contributed by atoms with Gasteiger partial charge in [-0.1, -0.05) is 52.1 Å². The number of ether oxygens (including phenoxy) is 2. The van der Waals surface area contributed by atoms with E-state index in [4.69, 9.17) is 44.3 Å². The molecule has 1 atom stereocenters. The van der Waals surface area contributed by atoms with Gasteiger partial charge in [-0.25, -0.2) is 0 Å². The van der Waals surface area contributed by atoms with Crippen molar-refractivity contribution in [1.82, 2.24) is 0 Å². The maximum absolute atomic E-state index is 9.56. The highest BCUT2D eigenvalue weighted by Crippen LogP contribution is 2.44. The van der Waals surface area contributed by atoms with E-state index in [9.17, 15) is 5.21 Å². The summed E-state index contributed by atoms with van der Waals surface area (Å²) in [4.78, 5) is 0. The quantitative estimate of drug-likeness (QED) is 0.338. The van der Waals surface area contributed by atoms with Crippen LogP contribution in [-0.4, -0.2) is 28.9 Å². The summed E-state index contributed by atoms with van der Waals surface area (Å²) in [5.41, 5.74) is 1.53. The van der Waals surface area contributed by atoms with Crippen LogP contribution in [-0.2, 0) is 0 Å². The van der Waals surface area contributed by atoms with Crippen molar-refractivity contribution in [2.24, 2.45) is 5.16 Å². The fourth-order valence-corrected chi connectivity index (χ4v) is 3.03. The van der Waals surface area contributed by atoms with E-state index in [-0.39, 0.29) is 5.71 Å². The first kappa shape index (κ1) is 18.7. The van der Waals surface area contributed by atoms with Gasteiger partial charge in [0.05, 0.1) is 25.8 Å². The first-order valence-electron chi connectivity index (χ1n) is 6.97. The van der Waals surface area contributed by atoms with Gasteiger partial charge in [0.15, 0.2) is 0 Å². The van der Waals surface area contributed by atoms with Gasteiger partial charge < -0.3 is 14.7 Å². The van der Waals surface area contributed by atoms with Gasteiger partial charge in [-0.2, -0.15) is 0 Å². The van der Waals surface area contributed by atoms with E-state index in [0.717, 1.165) is 0 Å². The van der Waals surface area contributed by atoms with Crippen molar-refractivity contribution >= 4 is 40.5 Å². The first-order valence-corrected chi connectivity index (χ1v) is 8.11. The fraction of sp³-hybridized carbons (Fsp3) is 0.235. The van der Waals surface area contributed by atoms with Crippen LogP contribution >= 0.6 is 34.8 Å². The molecule has 0 aliphatic carbocycles. The Kier molecular flexibility index (Phi) is 6.21. The Labute approximate surface area is 155 Å². The molecule has 128 valence electrons. The minimum absolute atomic E-state index is 0.239. The SMILES string of the molecule is COc1ccc(/C(=N\O)[C@H](c2ccc(OC)cc2)C(Cl)(Cl)Cl)cc1. The number of halogens is 3. The zero-order chi connectivity index (χ0) is 17.7. The smallest absolute Gasteiger partial charge is 0.203 e. The Morgan fingerprint density at radius 3 is 1.75 bits per heavy atom. The van der Waals surface area contributed by atoms with Crippen LogP contribution in [0.1, 0.15) is 17.0 Å². The molecule has 0 radical (unpaired) electrons. The van der Waals surface area contributed by atoms with Gasteiger partial charge in [0.1, 0.15) is 11.5 Å². The second kappa shape index (κ2) is 7.97. The predicted octanol–water partition coefficient (Wildman–Crippen LogP) is 5.04. The van der Waals surface area contributed by atoms with Crippen LogP contribution in [0.4, 0.5) is 0 Å². The molecule has 24 heavy (non-hydrogen) atoms. The van der Waals surface area contributed by atoms with Crippen molar-refractivity contribution < 1.29 is 14.7 Å². The van der Waals surface area contributed by atoms with Crippen molar-refractivity contribution in [3.05, 3.63) is 59.7 Å².